The van der Waals surface area contributed by atoms with Crippen LogP contribution in [0.1, 0.15) is 10.4 Å². The summed E-state index contributed by atoms with van der Waals surface area (Å²) in [5, 5.41) is 2.63. The quantitative estimate of drug-likeness (QED) is 0.675. The first-order valence-electron chi connectivity index (χ1n) is 6.07. The molecule has 20 heavy (non-hydrogen) atoms. The van der Waals surface area contributed by atoms with Gasteiger partial charge in [0, 0.05) is 28.8 Å². The van der Waals surface area contributed by atoms with Gasteiger partial charge in [0.15, 0.2) is 0 Å². The molecule has 1 N–H and O–H groups in total. The van der Waals surface area contributed by atoms with E-state index in [2.05, 4.69) is 5.32 Å². The standard InChI is InChI=1S/C15H13F2NOS/c16-12-8-11(9-13(17)10-12)15(19)18-6-7-20-14-4-2-1-3-5-14/h1-5,8-10H,6-7H2,(H,18,19). The second-order valence-corrected chi connectivity index (χ2v) is 5.24. The van der Waals surface area contributed by atoms with E-state index < -0.39 is 17.5 Å². The molecule has 0 aliphatic heterocycles. The molecule has 0 spiro atoms. The number of thioether (sulfide) groups is 1. The summed E-state index contributed by atoms with van der Waals surface area (Å²) >= 11 is 1.60. The molecule has 2 aromatic carbocycles. The minimum Gasteiger partial charge on any atom is -0.351 e. The number of hydrogen-bond donors (Lipinski definition) is 1. The van der Waals surface area contributed by atoms with Gasteiger partial charge in [0.05, 0.1) is 0 Å². The van der Waals surface area contributed by atoms with E-state index >= 15 is 0 Å². The molecule has 0 bridgehead atoms. The van der Waals surface area contributed by atoms with Crippen LogP contribution in [-0.4, -0.2) is 18.2 Å². The maximum atomic E-state index is 13.0. The maximum Gasteiger partial charge on any atom is 0.251 e. The average Bonchev–Trinajstić information content (AvgIpc) is 2.43. The van der Waals surface area contributed by atoms with Crippen molar-refractivity contribution in [3.8, 4) is 0 Å². The Morgan fingerprint density at radius 3 is 2.35 bits per heavy atom. The van der Waals surface area contributed by atoms with E-state index in [1.807, 2.05) is 30.3 Å². The summed E-state index contributed by atoms with van der Waals surface area (Å²) in [6, 6.07) is 12.5. The molecule has 0 fully saturated rings. The molecule has 2 nitrogen and oxygen atoms in total. The average molecular weight is 293 g/mol. The fourth-order valence-electron chi connectivity index (χ4n) is 1.64. The summed E-state index contributed by atoms with van der Waals surface area (Å²) in [6.45, 7) is 0.427. The van der Waals surface area contributed by atoms with Gasteiger partial charge in [-0.15, -0.1) is 11.8 Å². The van der Waals surface area contributed by atoms with E-state index in [4.69, 9.17) is 0 Å². The lowest BCUT2D eigenvalue weighted by Gasteiger charge is -2.05. The second-order valence-electron chi connectivity index (χ2n) is 4.08. The molecule has 2 aromatic rings. The Balaban J connectivity index is 1.80. The van der Waals surface area contributed by atoms with E-state index in [9.17, 15) is 13.6 Å². The predicted molar refractivity (Wildman–Crippen MR) is 75.9 cm³/mol. The fraction of sp³-hybridized carbons (Fsp3) is 0.133. The van der Waals surface area contributed by atoms with Gasteiger partial charge in [-0.25, -0.2) is 8.78 Å². The lowest BCUT2D eigenvalue weighted by molar-refractivity contribution is 0.0955. The summed E-state index contributed by atoms with van der Waals surface area (Å²) in [4.78, 5) is 12.8. The molecule has 0 unspecified atom stereocenters. The van der Waals surface area contributed by atoms with Crippen molar-refractivity contribution in [1.29, 1.82) is 0 Å². The van der Waals surface area contributed by atoms with Crippen LogP contribution in [-0.2, 0) is 0 Å². The molecule has 0 aliphatic rings. The van der Waals surface area contributed by atoms with Gasteiger partial charge in [0.25, 0.3) is 5.91 Å². The van der Waals surface area contributed by atoms with Crippen molar-refractivity contribution in [3.63, 3.8) is 0 Å². The van der Waals surface area contributed by atoms with Gasteiger partial charge in [-0.2, -0.15) is 0 Å². The zero-order valence-corrected chi connectivity index (χ0v) is 11.4. The van der Waals surface area contributed by atoms with Crippen LogP contribution >= 0.6 is 11.8 Å². The van der Waals surface area contributed by atoms with Gasteiger partial charge in [-0.05, 0) is 24.3 Å². The summed E-state index contributed by atoms with van der Waals surface area (Å²) in [6.07, 6.45) is 0. The molecular formula is C15H13F2NOS. The number of halogens is 2. The van der Waals surface area contributed by atoms with Crippen LogP contribution in [0.4, 0.5) is 8.78 Å². The molecule has 0 aromatic heterocycles. The summed E-state index contributed by atoms with van der Waals surface area (Å²) in [5.74, 6) is -1.30. The van der Waals surface area contributed by atoms with Crippen LogP contribution in [0.15, 0.2) is 53.4 Å². The third kappa shape index (κ3) is 4.35. The number of carbonyl (C=O) groups excluding carboxylic acids is 1. The van der Waals surface area contributed by atoms with Crippen molar-refractivity contribution in [3.05, 3.63) is 65.7 Å². The number of rotatable bonds is 5. The maximum absolute atomic E-state index is 13.0. The van der Waals surface area contributed by atoms with E-state index in [1.54, 1.807) is 11.8 Å². The molecular weight excluding hydrogens is 280 g/mol. The summed E-state index contributed by atoms with van der Waals surface area (Å²) in [5.41, 5.74) is -0.00721. The van der Waals surface area contributed by atoms with Gasteiger partial charge < -0.3 is 5.32 Å². The molecule has 2 rings (SSSR count). The molecule has 5 heteroatoms. The molecule has 0 aliphatic carbocycles. The Morgan fingerprint density at radius 1 is 1.05 bits per heavy atom. The van der Waals surface area contributed by atoms with Crippen molar-refractivity contribution in [1.82, 2.24) is 5.32 Å². The van der Waals surface area contributed by atoms with Crippen LogP contribution < -0.4 is 5.32 Å². The Kier molecular flexibility index (Phi) is 5.12. The van der Waals surface area contributed by atoms with Gasteiger partial charge in [-0.3, -0.25) is 4.79 Å². The number of hydrogen-bond acceptors (Lipinski definition) is 2. The highest BCUT2D eigenvalue weighted by molar-refractivity contribution is 7.99. The third-order valence-electron chi connectivity index (χ3n) is 2.52. The fourth-order valence-corrected chi connectivity index (χ4v) is 2.43. The van der Waals surface area contributed by atoms with E-state index in [0.29, 0.717) is 12.3 Å². The smallest absolute Gasteiger partial charge is 0.251 e. The van der Waals surface area contributed by atoms with Crippen LogP contribution in [0.25, 0.3) is 0 Å². The van der Waals surface area contributed by atoms with Crippen LogP contribution in [0.5, 0.6) is 0 Å². The first-order chi connectivity index (χ1) is 9.65. The molecule has 1 amide bonds. The van der Waals surface area contributed by atoms with Crippen molar-refractivity contribution in [2.24, 2.45) is 0 Å². The molecule has 0 heterocycles. The highest BCUT2D eigenvalue weighted by Gasteiger charge is 2.08. The molecule has 0 radical (unpaired) electrons. The zero-order valence-electron chi connectivity index (χ0n) is 10.6. The molecule has 104 valence electrons. The van der Waals surface area contributed by atoms with Crippen LogP contribution in [0.3, 0.4) is 0 Å². The van der Waals surface area contributed by atoms with E-state index in [1.165, 1.54) is 0 Å². The third-order valence-corrected chi connectivity index (χ3v) is 3.54. The van der Waals surface area contributed by atoms with Gasteiger partial charge in [-0.1, -0.05) is 18.2 Å². The highest BCUT2D eigenvalue weighted by atomic mass is 32.2. The topological polar surface area (TPSA) is 29.1 Å². The molecule has 0 saturated carbocycles. The highest BCUT2D eigenvalue weighted by Crippen LogP contribution is 2.15. The van der Waals surface area contributed by atoms with Crippen LogP contribution in [0.2, 0.25) is 0 Å². The van der Waals surface area contributed by atoms with Gasteiger partial charge in [0.1, 0.15) is 11.6 Å². The van der Waals surface area contributed by atoms with E-state index in [0.717, 1.165) is 23.1 Å². The van der Waals surface area contributed by atoms with Gasteiger partial charge in [0.2, 0.25) is 0 Å². The minimum atomic E-state index is -0.756. The van der Waals surface area contributed by atoms with Crippen molar-refractivity contribution in [2.75, 3.05) is 12.3 Å². The number of nitrogens with one attached hydrogen (secondary N) is 1. The molecule has 0 saturated heterocycles. The number of carbonyl (C=O) groups is 1. The SMILES string of the molecule is O=C(NCCSc1ccccc1)c1cc(F)cc(F)c1. The lowest BCUT2D eigenvalue weighted by Crippen LogP contribution is -2.25. The number of amides is 1. The second kappa shape index (κ2) is 7.05. The lowest BCUT2D eigenvalue weighted by atomic mass is 10.2. The van der Waals surface area contributed by atoms with Crippen molar-refractivity contribution >= 4 is 17.7 Å². The summed E-state index contributed by atoms with van der Waals surface area (Å²) < 4.78 is 25.9. The predicted octanol–water partition coefficient (Wildman–Crippen LogP) is 3.49. The normalized spacial score (nSPS) is 10.3. The van der Waals surface area contributed by atoms with E-state index in [-0.39, 0.29) is 5.56 Å². The Hall–Kier alpha value is -1.88. The Bertz CT molecular complexity index is 569. The number of benzene rings is 2. The minimum absolute atomic E-state index is 0.00721. The largest absolute Gasteiger partial charge is 0.351 e. The first-order valence-corrected chi connectivity index (χ1v) is 7.06. The summed E-state index contributed by atoms with van der Waals surface area (Å²) in [7, 11) is 0. The molecule has 0 atom stereocenters. The van der Waals surface area contributed by atoms with Gasteiger partial charge >= 0.3 is 0 Å². The first kappa shape index (κ1) is 14.5. The van der Waals surface area contributed by atoms with Crippen molar-refractivity contribution < 1.29 is 13.6 Å². The van der Waals surface area contributed by atoms with Crippen LogP contribution in [0, 0.1) is 11.6 Å². The Morgan fingerprint density at radius 2 is 1.70 bits per heavy atom. The van der Waals surface area contributed by atoms with Crippen molar-refractivity contribution in [2.45, 2.75) is 4.90 Å². The monoisotopic (exact) mass is 293 g/mol. The Labute approximate surface area is 120 Å². The zero-order chi connectivity index (χ0) is 14.4.